The van der Waals surface area contributed by atoms with Crippen LogP contribution in [0.1, 0.15) is 6.42 Å². The van der Waals surface area contributed by atoms with Gasteiger partial charge >= 0.3 is 0 Å². The van der Waals surface area contributed by atoms with Gasteiger partial charge in [-0.2, -0.15) is 5.10 Å². The zero-order chi connectivity index (χ0) is 18.6. The van der Waals surface area contributed by atoms with Crippen LogP contribution in [0.5, 0.6) is 5.75 Å². The van der Waals surface area contributed by atoms with E-state index in [0.717, 1.165) is 21.7 Å². The minimum absolute atomic E-state index is 0.0719. The lowest BCUT2D eigenvalue weighted by atomic mass is 10.1. The highest BCUT2D eigenvalue weighted by Gasteiger charge is 2.12. The molecule has 0 radical (unpaired) electrons. The molecule has 136 valence electrons. The van der Waals surface area contributed by atoms with Gasteiger partial charge in [0.2, 0.25) is 0 Å². The van der Waals surface area contributed by atoms with Crippen LogP contribution < -0.4 is 10.3 Å². The van der Waals surface area contributed by atoms with E-state index in [9.17, 15) is 4.79 Å². The summed E-state index contributed by atoms with van der Waals surface area (Å²) in [5, 5.41) is 8.91. The van der Waals surface area contributed by atoms with Crippen LogP contribution in [-0.4, -0.2) is 16.4 Å². The molecule has 2 heterocycles. The second kappa shape index (κ2) is 7.94. The maximum atomic E-state index is 12.8. The van der Waals surface area contributed by atoms with E-state index >= 15 is 0 Å². The Morgan fingerprint density at radius 1 is 1.00 bits per heavy atom. The molecule has 0 bridgehead atoms. The molecule has 4 nitrogen and oxygen atoms in total. The second-order valence-corrected chi connectivity index (χ2v) is 7.44. The summed E-state index contributed by atoms with van der Waals surface area (Å²) in [4.78, 5) is 13.9. The van der Waals surface area contributed by atoms with Crippen molar-refractivity contribution in [2.24, 2.45) is 0 Å². The normalized spacial score (nSPS) is 11.0. The Hall–Kier alpha value is -2.63. The van der Waals surface area contributed by atoms with Gasteiger partial charge in [0.15, 0.2) is 0 Å². The first-order valence-electron chi connectivity index (χ1n) is 8.64. The number of nitrogens with zero attached hydrogens (tertiary/aromatic N) is 2. The molecule has 0 aliphatic carbocycles. The average Bonchev–Trinajstić information content (AvgIpc) is 3.23. The van der Waals surface area contributed by atoms with E-state index in [-0.39, 0.29) is 5.56 Å². The van der Waals surface area contributed by atoms with E-state index in [1.54, 1.807) is 28.2 Å². The van der Waals surface area contributed by atoms with Gasteiger partial charge in [-0.1, -0.05) is 35.9 Å². The molecule has 4 rings (SSSR count). The summed E-state index contributed by atoms with van der Waals surface area (Å²) in [7, 11) is 0. The third kappa shape index (κ3) is 3.89. The zero-order valence-electron chi connectivity index (χ0n) is 14.5. The first-order valence-corrected chi connectivity index (χ1v) is 9.90. The third-order valence-corrected chi connectivity index (χ3v) is 5.35. The predicted octanol–water partition coefficient (Wildman–Crippen LogP) is 5.25. The van der Waals surface area contributed by atoms with Crippen molar-refractivity contribution < 1.29 is 4.74 Å². The molecule has 27 heavy (non-hydrogen) atoms. The summed E-state index contributed by atoms with van der Waals surface area (Å²) < 4.78 is 7.26. The van der Waals surface area contributed by atoms with E-state index in [4.69, 9.17) is 16.3 Å². The summed E-state index contributed by atoms with van der Waals surface area (Å²) in [6.07, 6.45) is 0.678. The number of hydrogen-bond acceptors (Lipinski definition) is 4. The largest absolute Gasteiger partial charge is 0.494 e. The van der Waals surface area contributed by atoms with Crippen LogP contribution in [0.3, 0.4) is 0 Å². The highest BCUT2D eigenvalue weighted by molar-refractivity contribution is 7.13. The molecule has 0 aliphatic rings. The molecule has 0 spiro atoms. The van der Waals surface area contributed by atoms with Crippen molar-refractivity contribution in [2.75, 3.05) is 6.61 Å². The van der Waals surface area contributed by atoms with Crippen LogP contribution in [0.25, 0.3) is 21.3 Å². The molecule has 0 saturated heterocycles. The highest BCUT2D eigenvalue weighted by Crippen LogP contribution is 2.28. The van der Waals surface area contributed by atoms with Crippen LogP contribution in [0.15, 0.2) is 70.8 Å². The number of fused-ring (bicyclic) bond motifs is 1. The lowest BCUT2D eigenvalue weighted by Crippen LogP contribution is -2.24. The Bertz CT molecular complexity index is 1110. The SMILES string of the molecule is O=c1c2ccccc2c(-c2cccs2)nn1CCCOc1ccc(Cl)cc1. The first-order chi connectivity index (χ1) is 13.2. The Morgan fingerprint density at radius 3 is 2.52 bits per heavy atom. The van der Waals surface area contributed by atoms with Crippen LogP contribution in [0, 0.1) is 0 Å². The van der Waals surface area contributed by atoms with Gasteiger partial charge in [0.25, 0.3) is 5.56 Å². The van der Waals surface area contributed by atoms with Gasteiger partial charge in [-0.3, -0.25) is 4.79 Å². The van der Waals surface area contributed by atoms with Gasteiger partial charge in [0, 0.05) is 23.4 Å². The molecule has 0 aliphatic heterocycles. The highest BCUT2D eigenvalue weighted by atomic mass is 35.5. The van der Waals surface area contributed by atoms with Gasteiger partial charge in [0.05, 0.1) is 16.9 Å². The van der Waals surface area contributed by atoms with E-state index in [1.165, 1.54) is 0 Å². The molecule has 0 saturated carbocycles. The summed E-state index contributed by atoms with van der Waals surface area (Å²) in [6, 6.07) is 18.9. The van der Waals surface area contributed by atoms with Gasteiger partial charge < -0.3 is 4.74 Å². The van der Waals surface area contributed by atoms with E-state index < -0.39 is 0 Å². The van der Waals surface area contributed by atoms with Crippen molar-refractivity contribution in [1.29, 1.82) is 0 Å². The van der Waals surface area contributed by atoms with Crippen LogP contribution in [0.4, 0.5) is 0 Å². The Morgan fingerprint density at radius 2 is 1.78 bits per heavy atom. The van der Waals surface area contributed by atoms with Crippen molar-refractivity contribution in [3.8, 4) is 16.3 Å². The molecule has 0 amide bonds. The van der Waals surface area contributed by atoms with Crippen molar-refractivity contribution in [3.05, 3.63) is 81.4 Å². The lowest BCUT2D eigenvalue weighted by molar-refractivity contribution is 0.297. The molecule has 0 N–H and O–H groups in total. The predicted molar refractivity (Wildman–Crippen MR) is 111 cm³/mol. The molecule has 4 aromatic rings. The Labute approximate surface area is 165 Å². The quantitative estimate of drug-likeness (QED) is 0.418. The van der Waals surface area contributed by atoms with Gasteiger partial charge in [-0.15, -0.1) is 11.3 Å². The Kier molecular flexibility index (Phi) is 5.23. The van der Waals surface area contributed by atoms with Crippen LogP contribution in [-0.2, 0) is 6.54 Å². The monoisotopic (exact) mass is 396 g/mol. The number of ether oxygens (including phenoxy) is 1. The lowest BCUT2D eigenvalue weighted by Gasteiger charge is -2.11. The fraction of sp³-hybridized carbons (Fsp3) is 0.143. The molecule has 0 unspecified atom stereocenters. The molecule has 0 atom stereocenters. The van der Waals surface area contributed by atoms with Crippen molar-refractivity contribution >= 4 is 33.7 Å². The van der Waals surface area contributed by atoms with Crippen LogP contribution >= 0.6 is 22.9 Å². The maximum absolute atomic E-state index is 12.8. The average molecular weight is 397 g/mol. The molecule has 2 aromatic carbocycles. The van der Waals surface area contributed by atoms with E-state index in [2.05, 4.69) is 5.10 Å². The first kappa shape index (κ1) is 17.8. The zero-order valence-corrected chi connectivity index (χ0v) is 16.0. The maximum Gasteiger partial charge on any atom is 0.274 e. The molecule has 0 fully saturated rings. The summed E-state index contributed by atoms with van der Waals surface area (Å²) in [5.74, 6) is 0.762. The molecular formula is C21H17ClN2O2S. The molecule has 6 heteroatoms. The minimum atomic E-state index is -0.0719. The molecular weight excluding hydrogens is 380 g/mol. The topological polar surface area (TPSA) is 44.1 Å². The summed E-state index contributed by atoms with van der Waals surface area (Å²) in [6.45, 7) is 0.993. The third-order valence-electron chi connectivity index (χ3n) is 4.22. The van der Waals surface area contributed by atoms with E-state index in [1.807, 2.05) is 53.9 Å². The minimum Gasteiger partial charge on any atom is -0.494 e. The molecule has 2 aromatic heterocycles. The summed E-state index contributed by atoms with van der Waals surface area (Å²) in [5.41, 5.74) is 0.774. The number of rotatable bonds is 6. The number of thiophene rings is 1. The Balaban J connectivity index is 1.55. The van der Waals surface area contributed by atoms with Gasteiger partial charge in [-0.05, 0) is 41.8 Å². The number of aromatic nitrogens is 2. The fourth-order valence-corrected chi connectivity index (χ4v) is 3.77. The van der Waals surface area contributed by atoms with Crippen molar-refractivity contribution in [1.82, 2.24) is 9.78 Å². The smallest absolute Gasteiger partial charge is 0.274 e. The van der Waals surface area contributed by atoms with Crippen molar-refractivity contribution in [3.63, 3.8) is 0 Å². The van der Waals surface area contributed by atoms with Crippen LogP contribution in [0.2, 0.25) is 5.02 Å². The number of halogens is 1. The van der Waals surface area contributed by atoms with E-state index in [0.29, 0.717) is 30.0 Å². The second-order valence-electron chi connectivity index (χ2n) is 6.06. The number of benzene rings is 2. The standard InChI is InChI=1S/C21H17ClN2O2S/c22-15-8-10-16(11-9-15)26-13-4-12-24-21(25)18-6-2-1-5-17(18)20(23-24)19-7-3-14-27-19/h1-3,5-11,14H,4,12-13H2. The number of hydrogen-bond donors (Lipinski definition) is 0. The number of aryl methyl sites for hydroxylation is 1. The van der Waals surface area contributed by atoms with Crippen molar-refractivity contribution in [2.45, 2.75) is 13.0 Å². The van der Waals surface area contributed by atoms with Gasteiger partial charge in [0.1, 0.15) is 11.4 Å². The summed E-state index contributed by atoms with van der Waals surface area (Å²) >= 11 is 7.49. The fourth-order valence-electron chi connectivity index (χ4n) is 2.92. The van der Waals surface area contributed by atoms with Gasteiger partial charge in [-0.25, -0.2) is 4.68 Å².